The number of hydrogen-bond donors (Lipinski definition) is 0. The van der Waals surface area contributed by atoms with Gasteiger partial charge >= 0.3 is 0 Å². The summed E-state index contributed by atoms with van der Waals surface area (Å²) in [5.41, 5.74) is 0. The van der Waals surface area contributed by atoms with Crippen LogP contribution in [0.3, 0.4) is 0 Å². The van der Waals surface area contributed by atoms with Gasteiger partial charge in [0.2, 0.25) is 9.76 Å². The lowest BCUT2D eigenvalue weighted by Crippen LogP contribution is -1.86. The molecule has 0 N–H and O–H groups in total. The Kier molecular flexibility index (Phi) is 2.85. The van der Waals surface area contributed by atoms with Crippen LogP contribution in [0.4, 0.5) is 0 Å². The Balaban J connectivity index is 2.83. The molecule has 0 aromatic carbocycles. The zero-order chi connectivity index (χ0) is 4.99. The minimum atomic E-state index is -0.233. The molecule has 0 unspecified atom stereocenters. The molecule has 0 aromatic heterocycles. The molecule has 2 heteroatoms. The summed E-state index contributed by atoms with van der Waals surface area (Å²) >= 11 is 0. The molecule has 6 heavy (non-hydrogen) atoms. The van der Waals surface area contributed by atoms with Gasteiger partial charge in [-0.2, -0.15) is 0 Å². The van der Waals surface area contributed by atoms with Gasteiger partial charge in [-0.1, -0.05) is 6.58 Å². The van der Waals surface area contributed by atoms with E-state index in [1.165, 1.54) is 0 Å². The summed E-state index contributed by atoms with van der Waals surface area (Å²) in [6.07, 6.45) is 0. The summed E-state index contributed by atoms with van der Waals surface area (Å²) in [4.78, 5) is 0. The quantitative estimate of drug-likeness (QED) is 0.368. The van der Waals surface area contributed by atoms with Crippen LogP contribution in [0.5, 0.6) is 0 Å². The highest BCUT2D eigenvalue weighted by molar-refractivity contribution is 6.25. The molecule has 0 saturated heterocycles. The zero-order valence-corrected chi connectivity index (χ0v) is 5.74. The van der Waals surface area contributed by atoms with Crippen LogP contribution in [-0.4, -0.2) is 9.76 Å². The Morgan fingerprint density at radius 2 is 2.33 bits per heavy atom. The lowest BCUT2D eigenvalue weighted by molar-refractivity contribution is 0.462. The van der Waals surface area contributed by atoms with Crippen molar-refractivity contribution in [2.24, 2.45) is 0 Å². The van der Waals surface area contributed by atoms with Gasteiger partial charge in [0.15, 0.2) is 0 Å². The minimum absolute atomic E-state index is 0.233. The van der Waals surface area contributed by atoms with E-state index in [0.717, 1.165) is 5.76 Å². The van der Waals surface area contributed by atoms with Crippen molar-refractivity contribution >= 4 is 9.76 Å². The number of allylic oxidation sites excluding steroid dienone is 1. The lowest BCUT2D eigenvalue weighted by atomic mass is 10.7. The monoisotopic (exact) mass is 102 g/mol. The second kappa shape index (κ2) is 2.97. The third kappa shape index (κ3) is 3.76. The lowest BCUT2D eigenvalue weighted by Gasteiger charge is -1.96. The Morgan fingerprint density at radius 3 is 2.33 bits per heavy atom. The van der Waals surface area contributed by atoms with Crippen LogP contribution in [0.15, 0.2) is 12.3 Å². The van der Waals surface area contributed by atoms with Crippen molar-refractivity contribution in [1.29, 1.82) is 0 Å². The molecule has 36 valence electrons. The third-order valence-electron chi connectivity index (χ3n) is 0.391. The summed E-state index contributed by atoms with van der Waals surface area (Å²) < 4.78 is 4.99. The van der Waals surface area contributed by atoms with Gasteiger partial charge in [-0.25, -0.2) is 0 Å². The highest BCUT2D eigenvalue weighted by Gasteiger charge is 1.73. The van der Waals surface area contributed by atoms with E-state index in [4.69, 9.17) is 4.43 Å². The molecule has 0 fully saturated rings. The van der Waals surface area contributed by atoms with Gasteiger partial charge in [0.05, 0.1) is 5.76 Å². The van der Waals surface area contributed by atoms with Gasteiger partial charge in [0.1, 0.15) is 0 Å². The van der Waals surface area contributed by atoms with E-state index >= 15 is 0 Å². The maximum absolute atomic E-state index is 4.99. The van der Waals surface area contributed by atoms with Crippen LogP contribution >= 0.6 is 0 Å². The summed E-state index contributed by atoms with van der Waals surface area (Å²) in [5, 5.41) is 0. The van der Waals surface area contributed by atoms with E-state index in [2.05, 4.69) is 13.1 Å². The van der Waals surface area contributed by atoms with Gasteiger partial charge in [-0.05, 0) is 13.5 Å². The van der Waals surface area contributed by atoms with Crippen molar-refractivity contribution in [2.75, 3.05) is 0 Å². The van der Waals surface area contributed by atoms with Gasteiger partial charge in [-0.15, -0.1) is 0 Å². The predicted molar refractivity (Wildman–Crippen MR) is 30.3 cm³/mol. The molecular formula is C4H10OSi. The first-order chi connectivity index (χ1) is 2.77. The summed E-state index contributed by atoms with van der Waals surface area (Å²) in [6.45, 7) is 7.51. The van der Waals surface area contributed by atoms with Crippen molar-refractivity contribution in [1.82, 2.24) is 0 Å². The second-order valence-corrected chi connectivity index (χ2v) is 2.00. The summed E-state index contributed by atoms with van der Waals surface area (Å²) in [6, 6.07) is 0. The average Bonchev–Trinajstić information content (AvgIpc) is 1.35. The molecule has 0 bridgehead atoms. The van der Waals surface area contributed by atoms with E-state index in [1.807, 2.05) is 6.92 Å². The van der Waals surface area contributed by atoms with Crippen molar-refractivity contribution < 1.29 is 4.43 Å². The van der Waals surface area contributed by atoms with Crippen LogP contribution in [0.1, 0.15) is 6.92 Å². The topological polar surface area (TPSA) is 9.23 Å². The van der Waals surface area contributed by atoms with Crippen molar-refractivity contribution in [2.45, 2.75) is 13.5 Å². The van der Waals surface area contributed by atoms with Crippen molar-refractivity contribution in [3.8, 4) is 0 Å². The highest BCUT2D eigenvalue weighted by Crippen LogP contribution is 1.83. The van der Waals surface area contributed by atoms with Gasteiger partial charge in [-0.3, -0.25) is 0 Å². The normalized spacial score (nSPS) is 9.67. The molecule has 0 rings (SSSR count). The first kappa shape index (κ1) is 5.76. The second-order valence-electron chi connectivity index (χ2n) is 1.14. The van der Waals surface area contributed by atoms with E-state index < -0.39 is 0 Å². The highest BCUT2D eigenvalue weighted by atomic mass is 28.2. The molecule has 0 aromatic rings. The molecule has 0 spiro atoms. The molecular weight excluding hydrogens is 92.1 g/mol. The van der Waals surface area contributed by atoms with Gasteiger partial charge in [0, 0.05) is 0 Å². The maximum Gasteiger partial charge on any atom is 0.216 e. The predicted octanol–water partition coefficient (Wildman–Crippen LogP) is 0.668. The maximum atomic E-state index is 4.99. The van der Waals surface area contributed by atoms with Crippen LogP contribution < -0.4 is 0 Å². The Hall–Kier alpha value is -0.243. The number of hydrogen-bond acceptors (Lipinski definition) is 1. The first-order valence-corrected chi connectivity index (χ1v) is 4.05. The fourth-order valence-corrected chi connectivity index (χ4v) is 0.739. The van der Waals surface area contributed by atoms with Crippen molar-refractivity contribution in [3.63, 3.8) is 0 Å². The van der Waals surface area contributed by atoms with Crippen LogP contribution in [0, 0.1) is 0 Å². The smallest absolute Gasteiger partial charge is 0.216 e. The third-order valence-corrected chi connectivity index (χ3v) is 1.17. The molecule has 1 nitrogen and oxygen atoms in total. The molecule has 0 aliphatic heterocycles. The van der Waals surface area contributed by atoms with Crippen molar-refractivity contribution in [3.05, 3.63) is 12.3 Å². The molecule has 0 aliphatic carbocycles. The minimum Gasteiger partial charge on any atom is -0.553 e. The van der Waals surface area contributed by atoms with Gasteiger partial charge < -0.3 is 4.43 Å². The molecule has 0 radical (unpaired) electrons. The molecule has 0 heterocycles. The molecule has 0 atom stereocenters. The summed E-state index contributed by atoms with van der Waals surface area (Å²) in [5.74, 6) is 0.851. The van der Waals surface area contributed by atoms with E-state index in [0.29, 0.717) is 0 Å². The van der Waals surface area contributed by atoms with Crippen LogP contribution in [-0.2, 0) is 4.43 Å². The Morgan fingerprint density at radius 1 is 1.83 bits per heavy atom. The SMILES string of the molecule is C=C(C)O[SiH2]C. The fourth-order valence-electron chi connectivity index (χ4n) is 0.246. The largest absolute Gasteiger partial charge is 0.553 e. The van der Waals surface area contributed by atoms with E-state index in [1.54, 1.807) is 0 Å². The van der Waals surface area contributed by atoms with E-state index in [9.17, 15) is 0 Å². The first-order valence-electron chi connectivity index (χ1n) is 2.05. The summed E-state index contributed by atoms with van der Waals surface area (Å²) in [7, 11) is -0.233. The molecule has 0 saturated carbocycles. The zero-order valence-electron chi connectivity index (χ0n) is 4.32. The number of rotatable bonds is 2. The Bertz CT molecular complexity index is 51.5. The average molecular weight is 102 g/mol. The van der Waals surface area contributed by atoms with Crippen LogP contribution in [0.2, 0.25) is 6.55 Å². The fraction of sp³-hybridized carbons (Fsp3) is 0.500. The van der Waals surface area contributed by atoms with E-state index in [-0.39, 0.29) is 9.76 Å². The molecule has 0 aliphatic rings. The van der Waals surface area contributed by atoms with Crippen LogP contribution in [0.25, 0.3) is 0 Å². The van der Waals surface area contributed by atoms with Gasteiger partial charge in [0.25, 0.3) is 0 Å². The molecule has 0 amide bonds. The Labute approximate surface area is 41.0 Å². The standard InChI is InChI=1S/C4H10OSi/c1-4(2)5-6-3/h1,6H2,2-3H3.